The highest BCUT2D eigenvalue weighted by atomic mass is 127. The molecule has 2 aromatic rings. The molecule has 0 radical (unpaired) electrons. The molecule has 4 nitrogen and oxygen atoms in total. The van der Waals surface area contributed by atoms with Crippen LogP contribution in [0.3, 0.4) is 0 Å². The number of esters is 1. The summed E-state index contributed by atoms with van der Waals surface area (Å²) in [6, 6.07) is 11.4. The Morgan fingerprint density at radius 1 is 1.08 bits per heavy atom. The third-order valence-electron chi connectivity index (χ3n) is 3.10. The molecule has 2 rings (SSSR count). The number of carbonyl (C=O) groups is 2. The summed E-state index contributed by atoms with van der Waals surface area (Å²) in [6.45, 7) is -0.510. The second kappa shape index (κ2) is 8.32. The molecule has 8 heteroatoms. The second-order valence-electron chi connectivity index (χ2n) is 5.09. The first-order valence-corrected chi connectivity index (χ1v) is 8.19. The van der Waals surface area contributed by atoms with Crippen LogP contribution in [-0.4, -0.2) is 18.5 Å². The minimum Gasteiger partial charge on any atom is -0.455 e. The summed E-state index contributed by atoms with van der Waals surface area (Å²) in [5, 5.41) is 2.55. The van der Waals surface area contributed by atoms with Crippen LogP contribution < -0.4 is 5.32 Å². The molecule has 0 aliphatic rings. The fourth-order valence-electron chi connectivity index (χ4n) is 1.95. The lowest BCUT2D eigenvalue weighted by molar-refractivity contribution is -0.146. The Hall–Kier alpha value is -2.10. The molecule has 0 aromatic heterocycles. The molecule has 0 atom stereocenters. The fraction of sp³-hybridized carbons (Fsp3) is 0.176. The van der Waals surface area contributed by atoms with Crippen LogP contribution in [0.15, 0.2) is 48.5 Å². The van der Waals surface area contributed by atoms with Crippen LogP contribution in [-0.2, 0) is 26.9 Å². The van der Waals surface area contributed by atoms with Crippen molar-refractivity contribution in [3.05, 3.63) is 63.2 Å². The number of carbonyl (C=O) groups excluding carboxylic acids is 2. The highest BCUT2D eigenvalue weighted by molar-refractivity contribution is 14.1. The molecule has 0 saturated heterocycles. The van der Waals surface area contributed by atoms with Crippen molar-refractivity contribution in [3.8, 4) is 0 Å². The van der Waals surface area contributed by atoms with E-state index >= 15 is 0 Å². The van der Waals surface area contributed by atoms with Crippen LogP contribution in [0, 0.1) is 3.57 Å². The van der Waals surface area contributed by atoms with Gasteiger partial charge in [-0.25, -0.2) is 0 Å². The van der Waals surface area contributed by atoms with E-state index in [-0.39, 0.29) is 12.0 Å². The van der Waals surface area contributed by atoms with Crippen molar-refractivity contribution in [2.75, 3.05) is 11.9 Å². The summed E-state index contributed by atoms with van der Waals surface area (Å²) in [6.07, 6.45) is -4.83. The zero-order valence-corrected chi connectivity index (χ0v) is 14.9. The minimum absolute atomic E-state index is 0.165. The number of hydrogen-bond acceptors (Lipinski definition) is 3. The predicted octanol–water partition coefficient (Wildman–Crippen LogP) is 4.03. The molecule has 0 fully saturated rings. The molecule has 0 aliphatic heterocycles. The van der Waals surface area contributed by atoms with Gasteiger partial charge in [-0.05, 0) is 58.5 Å². The number of alkyl halides is 3. The average Bonchev–Trinajstić information content (AvgIpc) is 2.55. The monoisotopic (exact) mass is 463 g/mol. The van der Waals surface area contributed by atoms with Crippen molar-refractivity contribution >= 4 is 40.2 Å². The van der Waals surface area contributed by atoms with Crippen LogP contribution in [0.4, 0.5) is 18.9 Å². The predicted molar refractivity (Wildman–Crippen MR) is 93.9 cm³/mol. The van der Waals surface area contributed by atoms with Gasteiger partial charge in [0.25, 0.3) is 5.91 Å². The fourth-order valence-corrected chi connectivity index (χ4v) is 2.31. The minimum atomic E-state index is -4.48. The number of amides is 1. The Morgan fingerprint density at radius 3 is 2.40 bits per heavy atom. The van der Waals surface area contributed by atoms with Gasteiger partial charge >= 0.3 is 12.1 Å². The zero-order valence-electron chi connectivity index (χ0n) is 12.8. The lowest BCUT2D eigenvalue weighted by Gasteiger charge is -2.09. The smallest absolute Gasteiger partial charge is 0.416 e. The van der Waals surface area contributed by atoms with Crippen LogP contribution in [0.25, 0.3) is 0 Å². The maximum Gasteiger partial charge on any atom is 0.416 e. The molecule has 132 valence electrons. The molecule has 0 spiro atoms. The standard InChI is InChI=1S/C17H13F3INO3/c18-17(19,20)12-3-1-2-11(8-12)9-16(24)25-10-15(23)22-14-6-4-13(21)5-7-14/h1-8H,9-10H2,(H,22,23). The highest BCUT2D eigenvalue weighted by Crippen LogP contribution is 2.29. The Balaban J connectivity index is 1.84. The summed E-state index contributed by atoms with van der Waals surface area (Å²) < 4.78 is 43.7. The molecule has 0 heterocycles. The van der Waals surface area contributed by atoms with E-state index in [0.29, 0.717) is 5.69 Å². The molecular weight excluding hydrogens is 450 g/mol. The van der Waals surface area contributed by atoms with Gasteiger partial charge in [-0.1, -0.05) is 18.2 Å². The lowest BCUT2D eigenvalue weighted by atomic mass is 10.1. The number of hydrogen-bond donors (Lipinski definition) is 1. The maximum atomic E-state index is 12.6. The number of ether oxygens (including phenoxy) is 1. The SMILES string of the molecule is O=C(COC(=O)Cc1cccc(C(F)(F)F)c1)Nc1ccc(I)cc1. The number of rotatable bonds is 5. The quantitative estimate of drug-likeness (QED) is 0.539. The molecule has 1 N–H and O–H groups in total. The van der Waals surface area contributed by atoms with Gasteiger partial charge in [0.05, 0.1) is 12.0 Å². The van der Waals surface area contributed by atoms with Crippen molar-refractivity contribution in [1.82, 2.24) is 0 Å². The summed E-state index contributed by atoms with van der Waals surface area (Å²) in [5.74, 6) is -1.31. The van der Waals surface area contributed by atoms with Gasteiger partial charge < -0.3 is 10.1 Å². The van der Waals surface area contributed by atoms with Gasteiger partial charge in [0, 0.05) is 9.26 Å². The van der Waals surface area contributed by atoms with Gasteiger partial charge in [0.2, 0.25) is 0 Å². The Morgan fingerprint density at radius 2 is 1.76 bits per heavy atom. The molecule has 0 unspecified atom stereocenters. The molecule has 2 aromatic carbocycles. The van der Waals surface area contributed by atoms with E-state index in [9.17, 15) is 22.8 Å². The second-order valence-corrected chi connectivity index (χ2v) is 6.34. The topological polar surface area (TPSA) is 55.4 Å². The van der Waals surface area contributed by atoms with Gasteiger partial charge in [-0.3, -0.25) is 9.59 Å². The van der Waals surface area contributed by atoms with Crippen LogP contribution in [0.5, 0.6) is 0 Å². The third-order valence-corrected chi connectivity index (χ3v) is 3.81. The van der Waals surface area contributed by atoms with Crippen LogP contribution in [0.2, 0.25) is 0 Å². The van der Waals surface area contributed by atoms with E-state index in [1.807, 2.05) is 0 Å². The summed E-state index contributed by atoms with van der Waals surface area (Å²) in [5.41, 5.74) is -0.119. The maximum absolute atomic E-state index is 12.6. The Kier molecular flexibility index (Phi) is 6.40. The molecule has 1 amide bonds. The van der Waals surface area contributed by atoms with Crippen LogP contribution >= 0.6 is 22.6 Å². The number of halogens is 4. The lowest BCUT2D eigenvalue weighted by Crippen LogP contribution is -2.21. The van der Waals surface area contributed by atoms with Crippen molar-refractivity contribution in [3.63, 3.8) is 0 Å². The molecule has 0 bridgehead atoms. The van der Waals surface area contributed by atoms with Crippen molar-refractivity contribution < 1.29 is 27.5 Å². The Bertz CT molecular complexity index is 760. The van der Waals surface area contributed by atoms with Gasteiger partial charge in [-0.2, -0.15) is 13.2 Å². The normalized spacial score (nSPS) is 11.0. The largest absolute Gasteiger partial charge is 0.455 e. The van der Waals surface area contributed by atoms with E-state index in [2.05, 4.69) is 27.9 Å². The number of nitrogens with one attached hydrogen (secondary N) is 1. The van der Waals surface area contributed by atoms with E-state index < -0.39 is 30.2 Å². The highest BCUT2D eigenvalue weighted by Gasteiger charge is 2.30. The zero-order chi connectivity index (χ0) is 18.4. The summed E-state index contributed by atoms with van der Waals surface area (Å²) >= 11 is 2.12. The van der Waals surface area contributed by atoms with Crippen molar-refractivity contribution in [1.29, 1.82) is 0 Å². The number of benzene rings is 2. The summed E-state index contributed by atoms with van der Waals surface area (Å²) in [7, 11) is 0. The van der Waals surface area contributed by atoms with Gasteiger partial charge in [0.1, 0.15) is 0 Å². The van der Waals surface area contributed by atoms with E-state index in [1.54, 1.807) is 24.3 Å². The average molecular weight is 463 g/mol. The van der Waals surface area contributed by atoms with E-state index in [1.165, 1.54) is 12.1 Å². The van der Waals surface area contributed by atoms with Crippen molar-refractivity contribution in [2.24, 2.45) is 0 Å². The summed E-state index contributed by atoms with van der Waals surface area (Å²) in [4.78, 5) is 23.4. The van der Waals surface area contributed by atoms with Gasteiger partial charge in [0.15, 0.2) is 6.61 Å². The van der Waals surface area contributed by atoms with E-state index in [0.717, 1.165) is 15.7 Å². The first-order chi connectivity index (χ1) is 11.7. The van der Waals surface area contributed by atoms with Gasteiger partial charge in [-0.15, -0.1) is 0 Å². The first-order valence-electron chi connectivity index (χ1n) is 7.11. The molecular formula is C17H13F3INO3. The Labute approximate surface area is 155 Å². The van der Waals surface area contributed by atoms with E-state index in [4.69, 9.17) is 4.74 Å². The third kappa shape index (κ3) is 6.37. The molecule has 0 saturated carbocycles. The molecule has 0 aliphatic carbocycles. The van der Waals surface area contributed by atoms with Crippen molar-refractivity contribution in [2.45, 2.75) is 12.6 Å². The first kappa shape index (κ1) is 19.2. The number of anilines is 1. The molecule has 25 heavy (non-hydrogen) atoms. The van der Waals surface area contributed by atoms with Crippen LogP contribution in [0.1, 0.15) is 11.1 Å².